The first-order valence-corrected chi connectivity index (χ1v) is 9.37. The van der Waals surface area contributed by atoms with Crippen LogP contribution in [0.2, 0.25) is 0 Å². The Morgan fingerprint density at radius 3 is 2.55 bits per heavy atom. The number of nitrogens with zero attached hydrogens (tertiary/aromatic N) is 2. The zero-order valence-electron chi connectivity index (χ0n) is 16.8. The van der Waals surface area contributed by atoms with E-state index < -0.39 is 28.8 Å². The summed E-state index contributed by atoms with van der Waals surface area (Å²) in [7, 11) is 0. The van der Waals surface area contributed by atoms with Gasteiger partial charge < -0.3 is 9.47 Å². The number of esters is 1. The Kier molecular flexibility index (Phi) is 6.43. The molecule has 9 heteroatoms. The van der Waals surface area contributed by atoms with Gasteiger partial charge in [-0.05, 0) is 38.1 Å². The lowest BCUT2D eigenvalue weighted by molar-refractivity contribution is -0.137. The van der Waals surface area contributed by atoms with Gasteiger partial charge in [0.25, 0.3) is 0 Å². The normalized spacial score (nSPS) is 11.3. The number of aromatic nitrogens is 2. The van der Waals surface area contributed by atoms with Gasteiger partial charge in [0.15, 0.2) is 0 Å². The molecule has 31 heavy (non-hydrogen) atoms. The van der Waals surface area contributed by atoms with E-state index in [9.17, 15) is 22.8 Å². The molecule has 3 rings (SSSR count). The number of benzene rings is 2. The summed E-state index contributed by atoms with van der Waals surface area (Å²) in [6, 6.07) is 12.5. The topological polar surface area (TPSA) is 70.4 Å². The molecule has 0 bridgehead atoms. The number of rotatable bonds is 6. The van der Waals surface area contributed by atoms with Crippen LogP contribution in [0, 0.1) is 6.92 Å². The Bertz CT molecular complexity index is 1160. The summed E-state index contributed by atoms with van der Waals surface area (Å²) in [5, 5.41) is 3.97. The zero-order chi connectivity index (χ0) is 22.6. The molecule has 0 aliphatic rings. The van der Waals surface area contributed by atoms with Crippen LogP contribution in [-0.2, 0) is 17.5 Å². The monoisotopic (exact) mass is 432 g/mol. The Balaban J connectivity index is 1.90. The average Bonchev–Trinajstić information content (AvgIpc) is 2.73. The lowest BCUT2D eigenvalue weighted by Gasteiger charge is -2.14. The number of halogens is 3. The van der Waals surface area contributed by atoms with Gasteiger partial charge in [0.1, 0.15) is 12.4 Å². The summed E-state index contributed by atoms with van der Waals surface area (Å²) in [6.45, 7) is 3.58. The first kappa shape index (κ1) is 22.1. The fourth-order valence-electron chi connectivity index (χ4n) is 2.90. The zero-order valence-corrected chi connectivity index (χ0v) is 16.8. The highest BCUT2D eigenvalue weighted by Crippen LogP contribution is 2.30. The molecule has 0 aliphatic carbocycles. The number of para-hydroxylation sites is 1. The summed E-state index contributed by atoms with van der Waals surface area (Å²) < 4.78 is 50.9. The van der Waals surface area contributed by atoms with E-state index in [4.69, 9.17) is 9.47 Å². The summed E-state index contributed by atoms with van der Waals surface area (Å²) in [5.74, 6) is -0.451. The second-order valence-corrected chi connectivity index (χ2v) is 6.58. The van der Waals surface area contributed by atoms with E-state index >= 15 is 0 Å². The van der Waals surface area contributed by atoms with E-state index in [0.717, 1.165) is 22.9 Å². The maximum Gasteiger partial charge on any atom is 0.416 e. The fourth-order valence-corrected chi connectivity index (χ4v) is 2.90. The molecule has 0 radical (unpaired) electrons. The molecule has 0 N–H and O–H groups in total. The van der Waals surface area contributed by atoms with Gasteiger partial charge in [0.05, 0.1) is 17.9 Å². The van der Waals surface area contributed by atoms with Crippen LogP contribution in [0.15, 0.2) is 59.4 Å². The summed E-state index contributed by atoms with van der Waals surface area (Å²) in [5.41, 5.74) is -1.17. The Hall–Kier alpha value is -3.62. The number of carbonyl (C=O) groups is 1. The molecule has 0 saturated heterocycles. The smallest absolute Gasteiger partial charge is 0.416 e. The minimum absolute atomic E-state index is 0.0584. The molecule has 0 unspecified atom stereocenters. The van der Waals surface area contributed by atoms with Gasteiger partial charge >= 0.3 is 12.1 Å². The van der Waals surface area contributed by atoms with Crippen LogP contribution in [0.25, 0.3) is 5.69 Å². The van der Waals surface area contributed by atoms with E-state index in [2.05, 4.69) is 5.10 Å². The van der Waals surface area contributed by atoms with Crippen LogP contribution in [0.5, 0.6) is 5.75 Å². The maximum absolute atomic E-state index is 13.0. The van der Waals surface area contributed by atoms with Crippen molar-refractivity contribution in [1.29, 1.82) is 0 Å². The molecule has 0 saturated carbocycles. The number of hydrogen-bond acceptors (Lipinski definition) is 5. The van der Waals surface area contributed by atoms with E-state index in [-0.39, 0.29) is 18.0 Å². The van der Waals surface area contributed by atoms with Crippen molar-refractivity contribution in [2.45, 2.75) is 26.6 Å². The van der Waals surface area contributed by atoms with Gasteiger partial charge in [-0.2, -0.15) is 18.3 Å². The highest BCUT2D eigenvalue weighted by Gasteiger charge is 2.30. The fraction of sp³-hybridized carbons (Fsp3) is 0.227. The van der Waals surface area contributed by atoms with Crippen molar-refractivity contribution < 1.29 is 27.4 Å². The lowest BCUT2D eigenvalue weighted by Crippen LogP contribution is -2.24. The van der Waals surface area contributed by atoms with Crippen LogP contribution in [0.1, 0.15) is 34.2 Å². The molecule has 6 nitrogen and oxygen atoms in total. The predicted octanol–water partition coefficient (Wildman–Crippen LogP) is 4.32. The SMILES string of the molecule is CCOc1ccccc1COC(=O)c1nn(-c2cccc(C(F)(F)F)c2)c(C)cc1=O. The van der Waals surface area contributed by atoms with Gasteiger partial charge in [0, 0.05) is 17.3 Å². The van der Waals surface area contributed by atoms with Crippen molar-refractivity contribution in [3.63, 3.8) is 0 Å². The Labute approximate surface area is 175 Å². The molecular weight excluding hydrogens is 413 g/mol. The highest BCUT2D eigenvalue weighted by molar-refractivity contribution is 5.87. The second kappa shape index (κ2) is 9.03. The minimum Gasteiger partial charge on any atom is -0.493 e. The van der Waals surface area contributed by atoms with E-state index in [1.54, 1.807) is 24.3 Å². The van der Waals surface area contributed by atoms with Crippen LogP contribution in [0.3, 0.4) is 0 Å². The number of hydrogen-bond donors (Lipinski definition) is 0. The standard InChI is InChI=1S/C22H19F3N2O4/c1-3-30-19-10-5-4-7-15(19)13-31-21(29)20-18(28)11-14(2)27(26-20)17-9-6-8-16(12-17)22(23,24)25/h4-12H,3,13H2,1-2H3. The van der Waals surface area contributed by atoms with Gasteiger partial charge in [-0.3, -0.25) is 4.79 Å². The number of aryl methyl sites for hydroxylation is 1. The van der Waals surface area contributed by atoms with E-state index in [1.165, 1.54) is 19.1 Å². The molecule has 0 amide bonds. The molecule has 0 fully saturated rings. The van der Waals surface area contributed by atoms with Crippen molar-refractivity contribution in [2.75, 3.05) is 6.61 Å². The average molecular weight is 432 g/mol. The molecule has 0 atom stereocenters. The van der Waals surface area contributed by atoms with Gasteiger partial charge in [-0.1, -0.05) is 24.3 Å². The Morgan fingerprint density at radius 2 is 1.84 bits per heavy atom. The van der Waals surface area contributed by atoms with Gasteiger partial charge in [-0.25, -0.2) is 9.48 Å². The third kappa shape index (κ3) is 5.11. The first-order chi connectivity index (χ1) is 14.7. The third-order valence-corrected chi connectivity index (χ3v) is 4.35. The molecule has 3 aromatic rings. The Morgan fingerprint density at radius 1 is 1.10 bits per heavy atom. The van der Waals surface area contributed by atoms with Crippen LogP contribution >= 0.6 is 0 Å². The molecule has 2 aromatic carbocycles. The highest BCUT2D eigenvalue weighted by atomic mass is 19.4. The van der Waals surface area contributed by atoms with E-state index in [0.29, 0.717) is 17.9 Å². The van der Waals surface area contributed by atoms with Crippen molar-refractivity contribution >= 4 is 5.97 Å². The molecule has 0 spiro atoms. The lowest BCUT2D eigenvalue weighted by atomic mass is 10.2. The quantitative estimate of drug-likeness (QED) is 0.543. The largest absolute Gasteiger partial charge is 0.493 e. The number of carbonyl (C=O) groups excluding carboxylic acids is 1. The molecular formula is C22H19F3N2O4. The van der Waals surface area contributed by atoms with Crippen LogP contribution in [-0.4, -0.2) is 22.4 Å². The first-order valence-electron chi connectivity index (χ1n) is 9.37. The van der Waals surface area contributed by atoms with Gasteiger partial charge in [-0.15, -0.1) is 0 Å². The predicted molar refractivity (Wildman–Crippen MR) is 106 cm³/mol. The van der Waals surface area contributed by atoms with Crippen molar-refractivity contribution in [3.05, 3.63) is 87.3 Å². The number of ether oxygens (including phenoxy) is 2. The molecule has 1 aromatic heterocycles. The van der Waals surface area contributed by atoms with E-state index in [1.807, 2.05) is 6.92 Å². The molecule has 162 valence electrons. The van der Waals surface area contributed by atoms with Crippen molar-refractivity contribution in [2.24, 2.45) is 0 Å². The van der Waals surface area contributed by atoms with Gasteiger partial charge in [0.2, 0.25) is 11.1 Å². The maximum atomic E-state index is 13.0. The summed E-state index contributed by atoms with van der Waals surface area (Å²) in [4.78, 5) is 24.8. The van der Waals surface area contributed by atoms with Crippen LogP contribution < -0.4 is 10.2 Å². The van der Waals surface area contributed by atoms with Crippen molar-refractivity contribution in [1.82, 2.24) is 9.78 Å². The third-order valence-electron chi connectivity index (χ3n) is 4.35. The second-order valence-electron chi connectivity index (χ2n) is 6.58. The van der Waals surface area contributed by atoms with Crippen molar-refractivity contribution in [3.8, 4) is 11.4 Å². The summed E-state index contributed by atoms with van der Waals surface area (Å²) in [6.07, 6.45) is -4.54. The minimum atomic E-state index is -4.54. The molecule has 1 heterocycles. The van der Waals surface area contributed by atoms with Crippen LogP contribution in [0.4, 0.5) is 13.2 Å². The molecule has 0 aliphatic heterocycles. The summed E-state index contributed by atoms with van der Waals surface area (Å²) >= 11 is 0. The number of alkyl halides is 3.